The fraction of sp³-hybridized carbons (Fsp3) is 0.545. The molecule has 236 valence electrons. The molecule has 10 nitrogen and oxygen atoms in total. The molecule has 5 rings (SSSR count). The number of thiazole rings is 1. The van der Waals surface area contributed by atoms with Gasteiger partial charge in [0.05, 0.1) is 63.6 Å². The van der Waals surface area contributed by atoms with Crippen LogP contribution in [0.1, 0.15) is 50.3 Å². The van der Waals surface area contributed by atoms with Crippen molar-refractivity contribution in [1.82, 2.24) is 25.0 Å². The molecule has 44 heavy (non-hydrogen) atoms. The molecule has 0 radical (unpaired) electrons. The highest BCUT2D eigenvalue weighted by molar-refractivity contribution is 7.09. The van der Waals surface area contributed by atoms with E-state index in [0.717, 1.165) is 77.6 Å². The zero-order valence-corrected chi connectivity index (χ0v) is 27.3. The molecule has 1 unspecified atom stereocenters. The molecule has 3 heterocycles. The lowest BCUT2D eigenvalue weighted by molar-refractivity contribution is -0.913. The highest BCUT2D eigenvalue weighted by Crippen LogP contribution is 2.49. The first-order chi connectivity index (χ1) is 20.8. The molecule has 0 spiro atoms. The highest BCUT2D eigenvalue weighted by Gasteiger charge is 2.53. The number of piperazine rings is 1. The summed E-state index contributed by atoms with van der Waals surface area (Å²) < 4.78 is 2.91. The van der Waals surface area contributed by atoms with Gasteiger partial charge in [0.2, 0.25) is 11.8 Å². The van der Waals surface area contributed by atoms with Gasteiger partial charge in [0.25, 0.3) is 0 Å². The monoisotopic (exact) mass is 620 g/mol. The van der Waals surface area contributed by atoms with Crippen LogP contribution in [0.5, 0.6) is 0 Å². The average Bonchev–Trinajstić information content (AvgIpc) is 3.69. The minimum atomic E-state index is -1.19. The van der Waals surface area contributed by atoms with E-state index in [-0.39, 0.29) is 18.4 Å². The molecule has 1 saturated heterocycles. The second-order valence-electron chi connectivity index (χ2n) is 13.8. The standard InChI is InChI=1S/C33H44N6O4S/c1-23(40)37-12-15-39(5,16-13-37)14-8-11-38-21-26(19-35-38)27-22-44-28(36-27)20-34-31(43)33(29(30(41)42)32(2,3)4)17-24-9-6-7-10-25(24)18-33/h6-7,9-10,19,21-22,29H,8,11-18,20H2,1-5H3,(H-,34,41,42,43). The van der Waals surface area contributed by atoms with E-state index in [0.29, 0.717) is 12.8 Å². The quantitative estimate of drug-likeness (QED) is 0.348. The number of hydrogen-bond donors (Lipinski definition) is 1. The van der Waals surface area contributed by atoms with Crippen molar-refractivity contribution in [3.63, 3.8) is 0 Å². The van der Waals surface area contributed by atoms with E-state index in [1.165, 1.54) is 11.3 Å². The van der Waals surface area contributed by atoms with Gasteiger partial charge in [-0.25, -0.2) is 4.98 Å². The normalized spacial score (nSPS) is 18.1. The highest BCUT2D eigenvalue weighted by atomic mass is 32.1. The van der Waals surface area contributed by atoms with Crippen LogP contribution in [0.25, 0.3) is 11.3 Å². The molecular formula is C33H44N6O4S. The molecule has 2 aromatic heterocycles. The van der Waals surface area contributed by atoms with Crippen LogP contribution >= 0.6 is 11.3 Å². The number of fused-ring (bicyclic) bond motifs is 1. The van der Waals surface area contributed by atoms with Crippen LogP contribution in [0.15, 0.2) is 42.0 Å². The molecule has 1 N–H and O–H groups in total. The van der Waals surface area contributed by atoms with Gasteiger partial charge in [0.1, 0.15) is 5.01 Å². The number of likely N-dealkylation sites (N-methyl/N-ethyl adjacent to an activating group) is 1. The third-order valence-corrected chi connectivity index (χ3v) is 10.3. The molecule has 1 aliphatic carbocycles. The van der Waals surface area contributed by atoms with Gasteiger partial charge in [-0.15, -0.1) is 11.3 Å². The van der Waals surface area contributed by atoms with E-state index in [1.807, 2.05) is 72.4 Å². The van der Waals surface area contributed by atoms with Crippen LogP contribution in [-0.4, -0.2) is 81.7 Å². The number of carboxylic acid groups (broad SMARTS) is 1. The molecular weight excluding hydrogens is 576 g/mol. The Bertz CT molecular complexity index is 1490. The summed E-state index contributed by atoms with van der Waals surface area (Å²) in [5.41, 5.74) is 1.94. The number of hydrogen-bond acceptors (Lipinski definition) is 7. The lowest BCUT2D eigenvalue weighted by atomic mass is 9.61. The first-order valence-corrected chi connectivity index (χ1v) is 16.3. The van der Waals surface area contributed by atoms with Gasteiger partial charge in [-0.2, -0.15) is 5.10 Å². The molecule has 1 fully saturated rings. The summed E-state index contributed by atoms with van der Waals surface area (Å²) in [5, 5.41) is 22.8. The smallest absolute Gasteiger partial charge is 0.227 e. The van der Waals surface area contributed by atoms with Crippen molar-refractivity contribution >= 4 is 29.1 Å². The fourth-order valence-corrected chi connectivity index (χ4v) is 7.87. The number of aliphatic carboxylic acids is 1. The zero-order valence-electron chi connectivity index (χ0n) is 26.5. The first-order valence-electron chi connectivity index (χ1n) is 15.4. The molecule has 0 saturated carbocycles. The van der Waals surface area contributed by atoms with Gasteiger partial charge in [0, 0.05) is 48.9 Å². The maximum Gasteiger partial charge on any atom is 0.227 e. The minimum absolute atomic E-state index is 0.154. The number of carbonyl (C=O) groups is 3. The van der Waals surface area contributed by atoms with Crippen LogP contribution in [0.3, 0.4) is 0 Å². The van der Waals surface area contributed by atoms with E-state index < -0.39 is 22.7 Å². The van der Waals surface area contributed by atoms with Crippen LogP contribution < -0.4 is 10.4 Å². The van der Waals surface area contributed by atoms with Gasteiger partial charge in [-0.1, -0.05) is 45.0 Å². The summed E-state index contributed by atoms with van der Waals surface area (Å²) in [6.45, 7) is 12.8. The Balaban J connectivity index is 1.20. The summed E-state index contributed by atoms with van der Waals surface area (Å²) in [4.78, 5) is 44.7. The van der Waals surface area contributed by atoms with E-state index in [1.54, 1.807) is 6.92 Å². The Morgan fingerprint density at radius 3 is 2.39 bits per heavy atom. The Morgan fingerprint density at radius 2 is 1.80 bits per heavy atom. The second-order valence-corrected chi connectivity index (χ2v) is 14.8. The SMILES string of the molecule is CC(=O)N1CC[N+](C)(CCCn2cc(-c3csc(CNC(=O)C4(C(C(=O)[O-])C(C)(C)C)Cc5ccccc5C4)n3)cn2)CC1. The number of amides is 2. The van der Waals surface area contributed by atoms with Crippen molar-refractivity contribution in [3.05, 3.63) is 58.2 Å². The third kappa shape index (κ3) is 6.73. The van der Waals surface area contributed by atoms with Crippen molar-refractivity contribution in [2.45, 2.75) is 60.0 Å². The van der Waals surface area contributed by atoms with Crippen LogP contribution in [0, 0.1) is 16.7 Å². The fourth-order valence-electron chi connectivity index (χ4n) is 7.12. The summed E-state index contributed by atoms with van der Waals surface area (Å²) in [7, 11) is 2.26. The lowest BCUT2D eigenvalue weighted by Gasteiger charge is -2.44. The molecule has 1 aliphatic heterocycles. The summed E-state index contributed by atoms with van der Waals surface area (Å²) in [5.74, 6) is -2.28. The van der Waals surface area contributed by atoms with Gasteiger partial charge in [-0.3, -0.25) is 14.3 Å². The Labute approximate surface area is 263 Å². The topological polar surface area (TPSA) is 120 Å². The van der Waals surface area contributed by atoms with Gasteiger partial charge >= 0.3 is 0 Å². The van der Waals surface area contributed by atoms with Crippen LogP contribution in [0.4, 0.5) is 0 Å². The lowest BCUT2D eigenvalue weighted by Crippen LogP contribution is -2.58. The molecule has 1 aromatic carbocycles. The number of rotatable bonds is 10. The van der Waals surface area contributed by atoms with Gasteiger partial charge in [-0.05, 0) is 29.4 Å². The Hall–Kier alpha value is -3.57. The number of carboxylic acids is 1. The maximum absolute atomic E-state index is 13.9. The Morgan fingerprint density at radius 1 is 1.14 bits per heavy atom. The number of carbonyl (C=O) groups excluding carboxylic acids is 3. The zero-order chi connectivity index (χ0) is 31.7. The van der Waals surface area contributed by atoms with Gasteiger partial charge < -0.3 is 24.6 Å². The first kappa shape index (κ1) is 31.8. The number of aryl methyl sites for hydroxylation is 1. The van der Waals surface area contributed by atoms with E-state index in [9.17, 15) is 19.5 Å². The maximum atomic E-state index is 13.9. The number of quaternary nitrogens is 1. The molecule has 0 bridgehead atoms. The second kappa shape index (κ2) is 12.4. The van der Waals surface area contributed by atoms with Crippen molar-refractivity contribution < 1.29 is 24.0 Å². The third-order valence-electron chi connectivity index (χ3n) is 9.47. The van der Waals surface area contributed by atoms with Crippen LogP contribution in [0.2, 0.25) is 0 Å². The predicted octanol–water partition coefficient (Wildman–Crippen LogP) is 2.52. The molecule has 3 aromatic rings. The Kier molecular flexibility index (Phi) is 9.00. The number of aromatic nitrogens is 3. The largest absolute Gasteiger partial charge is 0.550 e. The summed E-state index contributed by atoms with van der Waals surface area (Å²) >= 11 is 1.46. The summed E-state index contributed by atoms with van der Waals surface area (Å²) in [6.07, 6.45) is 5.53. The van der Waals surface area contributed by atoms with Crippen molar-refractivity contribution in [2.24, 2.45) is 16.7 Å². The van der Waals surface area contributed by atoms with E-state index >= 15 is 0 Å². The van der Waals surface area contributed by atoms with E-state index in [4.69, 9.17) is 4.98 Å². The minimum Gasteiger partial charge on any atom is -0.550 e. The molecule has 2 aliphatic rings. The number of nitrogens with zero attached hydrogens (tertiary/aromatic N) is 5. The van der Waals surface area contributed by atoms with Gasteiger partial charge in [0.15, 0.2) is 0 Å². The predicted molar refractivity (Wildman–Crippen MR) is 167 cm³/mol. The number of benzene rings is 1. The molecule has 11 heteroatoms. The van der Waals surface area contributed by atoms with Crippen molar-refractivity contribution in [2.75, 3.05) is 39.8 Å². The van der Waals surface area contributed by atoms with E-state index in [2.05, 4.69) is 17.5 Å². The van der Waals surface area contributed by atoms with Crippen molar-refractivity contribution in [1.29, 1.82) is 0 Å². The summed E-state index contributed by atoms with van der Waals surface area (Å²) in [6, 6.07) is 7.81. The van der Waals surface area contributed by atoms with Crippen LogP contribution in [-0.2, 0) is 40.3 Å². The van der Waals surface area contributed by atoms with Crippen molar-refractivity contribution in [3.8, 4) is 11.3 Å². The molecule has 1 atom stereocenters. The average molecular weight is 621 g/mol. The number of nitrogens with one attached hydrogen (secondary N) is 1. The molecule has 2 amide bonds.